The predicted octanol–water partition coefficient (Wildman–Crippen LogP) is 2.77. The minimum atomic E-state index is -0.164. The summed E-state index contributed by atoms with van der Waals surface area (Å²) in [5.41, 5.74) is 2.55. The summed E-state index contributed by atoms with van der Waals surface area (Å²) in [4.78, 5) is 29.6. The molecule has 2 amide bonds. The highest BCUT2D eigenvalue weighted by Crippen LogP contribution is 2.20. The lowest BCUT2D eigenvalue weighted by atomic mass is 10.2. The van der Waals surface area contributed by atoms with Crippen LogP contribution in [-0.2, 0) is 9.59 Å². The van der Waals surface area contributed by atoms with Gasteiger partial charge in [0.15, 0.2) is 0 Å². The number of rotatable bonds is 5. The molecule has 0 radical (unpaired) electrons. The standard InChI is InChI=1S/C19H23N3O2/c1-15(23)22(18-12-10-16(11-13-18)20(2)3)14-19(24)21(4)17-8-6-5-7-9-17/h5-13H,14H2,1-4H3. The molecule has 0 bridgehead atoms. The minimum absolute atomic E-state index is 0.00202. The number of amides is 2. The fraction of sp³-hybridized carbons (Fsp3) is 0.263. The number of anilines is 3. The normalized spacial score (nSPS) is 10.2. The molecule has 0 N–H and O–H groups in total. The van der Waals surface area contributed by atoms with E-state index in [-0.39, 0.29) is 18.4 Å². The van der Waals surface area contributed by atoms with Crippen LogP contribution in [0.5, 0.6) is 0 Å². The Morgan fingerprint density at radius 1 is 0.792 bits per heavy atom. The maximum atomic E-state index is 12.5. The first-order chi connectivity index (χ1) is 11.4. The van der Waals surface area contributed by atoms with E-state index in [2.05, 4.69) is 0 Å². The van der Waals surface area contributed by atoms with Gasteiger partial charge in [-0.3, -0.25) is 9.59 Å². The second kappa shape index (κ2) is 7.64. The van der Waals surface area contributed by atoms with Gasteiger partial charge < -0.3 is 14.7 Å². The number of hydrogen-bond donors (Lipinski definition) is 0. The molecule has 5 heteroatoms. The first kappa shape index (κ1) is 17.5. The van der Waals surface area contributed by atoms with Gasteiger partial charge in [0.2, 0.25) is 11.8 Å². The van der Waals surface area contributed by atoms with Gasteiger partial charge in [-0.2, -0.15) is 0 Å². The van der Waals surface area contributed by atoms with Gasteiger partial charge in [0.1, 0.15) is 6.54 Å². The minimum Gasteiger partial charge on any atom is -0.378 e. The Kier molecular flexibility index (Phi) is 5.58. The number of nitrogens with zero attached hydrogens (tertiary/aromatic N) is 3. The fourth-order valence-corrected chi connectivity index (χ4v) is 2.35. The van der Waals surface area contributed by atoms with Crippen LogP contribution >= 0.6 is 0 Å². The number of likely N-dealkylation sites (N-methyl/N-ethyl adjacent to an activating group) is 1. The molecule has 0 aromatic heterocycles. The van der Waals surface area contributed by atoms with Crippen molar-refractivity contribution < 1.29 is 9.59 Å². The third-order valence-electron chi connectivity index (χ3n) is 3.87. The van der Waals surface area contributed by atoms with Crippen molar-refractivity contribution in [3.05, 3.63) is 54.6 Å². The van der Waals surface area contributed by atoms with Gasteiger partial charge in [-0.25, -0.2) is 0 Å². The molecule has 0 aliphatic heterocycles. The third kappa shape index (κ3) is 4.13. The van der Waals surface area contributed by atoms with Crippen molar-refractivity contribution in [1.82, 2.24) is 0 Å². The molecule has 0 saturated carbocycles. The molecule has 126 valence electrons. The van der Waals surface area contributed by atoms with E-state index in [0.717, 1.165) is 11.4 Å². The van der Waals surface area contributed by atoms with E-state index in [1.807, 2.05) is 73.6 Å². The molecular weight excluding hydrogens is 302 g/mol. The summed E-state index contributed by atoms with van der Waals surface area (Å²) < 4.78 is 0. The molecule has 24 heavy (non-hydrogen) atoms. The first-order valence-corrected chi connectivity index (χ1v) is 7.77. The topological polar surface area (TPSA) is 43.9 Å². The van der Waals surface area contributed by atoms with E-state index in [4.69, 9.17) is 0 Å². The summed E-state index contributed by atoms with van der Waals surface area (Å²) >= 11 is 0. The highest BCUT2D eigenvalue weighted by atomic mass is 16.2. The van der Waals surface area contributed by atoms with Crippen LogP contribution in [0.15, 0.2) is 54.6 Å². The molecule has 0 saturated heterocycles. The van der Waals surface area contributed by atoms with Crippen molar-refractivity contribution in [1.29, 1.82) is 0 Å². The second-order valence-corrected chi connectivity index (χ2v) is 5.80. The van der Waals surface area contributed by atoms with Gasteiger partial charge in [0.05, 0.1) is 0 Å². The summed E-state index contributed by atoms with van der Waals surface area (Å²) in [7, 11) is 5.62. The number of hydrogen-bond acceptors (Lipinski definition) is 3. The van der Waals surface area contributed by atoms with Crippen molar-refractivity contribution in [3.8, 4) is 0 Å². The zero-order valence-corrected chi connectivity index (χ0v) is 14.6. The molecule has 0 fully saturated rings. The number of para-hydroxylation sites is 1. The molecule has 0 heterocycles. The summed E-state index contributed by atoms with van der Waals surface area (Å²) in [6.07, 6.45) is 0. The van der Waals surface area contributed by atoms with Crippen LogP contribution < -0.4 is 14.7 Å². The van der Waals surface area contributed by atoms with Crippen molar-refractivity contribution in [2.45, 2.75) is 6.92 Å². The maximum absolute atomic E-state index is 12.5. The SMILES string of the molecule is CC(=O)N(CC(=O)N(C)c1ccccc1)c1ccc(N(C)C)cc1. The second-order valence-electron chi connectivity index (χ2n) is 5.80. The molecule has 0 aliphatic rings. The van der Waals surface area contributed by atoms with E-state index < -0.39 is 0 Å². The quantitative estimate of drug-likeness (QED) is 0.849. The molecular formula is C19H23N3O2. The molecule has 2 aromatic rings. The molecule has 2 aromatic carbocycles. The lowest BCUT2D eigenvalue weighted by molar-refractivity contribution is -0.121. The van der Waals surface area contributed by atoms with Gasteiger partial charge in [0, 0.05) is 45.1 Å². The van der Waals surface area contributed by atoms with Crippen LogP contribution in [0, 0.1) is 0 Å². The Balaban J connectivity index is 2.16. The Morgan fingerprint density at radius 2 is 1.33 bits per heavy atom. The van der Waals surface area contributed by atoms with Gasteiger partial charge in [-0.15, -0.1) is 0 Å². The van der Waals surface area contributed by atoms with Crippen LogP contribution in [0.1, 0.15) is 6.92 Å². The molecule has 0 atom stereocenters. The van der Waals surface area contributed by atoms with E-state index in [0.29, 0.717) is 5.69 Å². The zero-order chi connectivity index (χ0) is 17.7. The van der Waals surface area contributed by atoms with Crippen LogP contribution in [-0.4, -0.2) is 39.5 Å². The lowest BCUT2D eigenvalue weighted by Gasteiger charge is -2.25. The predicted molar refractivity (Wildman–Crippen MR) is 98.6 cm³/mol. The molecule has 0 aliphatic carbocycles. The summed E-state index contributed by atoms with van der Waals surface area (Å²) in [5, 5.41) is 0. The van der Waals surface area contributed by atoms with Crippen LogP contribution in [0.4, 0.5) is 17.1 Å². The zero-order valence-electron chi connectivity index (χ0n) is 14.6. The van der Waals surface area contributed by atoms with Gasteiger partial charge in [0.25, 0.3) is 0 Å². The fourth-order valence-electron chi connectivity index (χ4n) is 2.35. The summed E-state index contributed by atoms with van der Waals surface area (Å²) in [6, 6.07) is 16.9. The first-order valence-electron chi connectivity index (χ1n) is 7.77. The van der Waals surface area contributed by atoms with E-state index in [1.165, 1.54) is 11.8 Å². The van der Waals surface area contributed by atoms with Crippen molar-refractivity contribution in [2.24, 2.45) is 0 Å². The molecule has 2 rings (SSSR count). The Morgan fingerprint density at radius 3 is 1.83 bits per heavy atom. The highest BCUT2D eigenvalue weighted by Gasteiger charge is 2.19. The Hall–Kier alpha value is -2.82. The van der Waals surface area contributed by atoms with Crippen molar-refractivity contribution in [3.63, 3.8) is 0 Å². The summed E-state index contributed by atoms with van der Waals surface area (Å²) in [5.74, 6) is -0.310. The van der Waals surface area contributed by atoms with Crippen LogP contribution in [0.25, 0.3) is 0 Å². The highest BCUT2D eigenvalue weighted by molar-refractivity contribution is 6.02. The van der Waals surface area contributed by atoms with Gasteiger partial charge in [-0.1, -0.05) is 18.2 Å². The molecule has 0 spiro atoms. The van der Waals surface area contributed by atoms with Crippen molar-refractivity contribution >= 4 is 28.9 Å². The average molecular weight is 325 g/mol. The smallest absolute Gasteiger partial charge is 0.246 e. The number of carbonyl (C=O) groups is 2. The van der Waals surface area contributed by atoms with Gasteiger partial charge >= 0.3 is 0 Å². The third-order valence-corrected chi connectivity index (χ3v) is 3.87. The Bertz CT molecular complexity index is 696. The average Bonchev–Trinajstić information content (AvgIpc) is 2.59. The monoisotopic (exact) mass is 325 g/mol. The van der Waals surface area contributed by atoms with E-state index >= 15 is 0 Å². The maximum Gasteiger partial charge on any atom is 0.246 e. The van der Waals surface area contributed by atoms with Crippen LogP contribution in [0.3, 0.4) is 0 Å². The molecule has 5 nitrogen and oxygen atoms in total. The van der Waals surface area contributed by atoms with Gasteiger partial charge in [-0.05, 0) is 36.4 Å². The lowest BCUT2D eigenvalue weighted by Crippen LogP contribution is -2.40. The van der Waals surface area contributed by atoms with E-state index in [9.17, 15) is 9.59 Å². The number of benzene rings is 2. The summed E-state index contributed by atoms with van der Waals surface area (Å²) in [6.45, 7) is 1.47. The largest absolute Gasteiger partial charge is 0.378 e. The molecule has 0 unspecified atom stereocenters. The van der Waals surface area contributed by atoms with E-state index in [1.54, 1.807) is 11.9 Å². The van der Waals surface area contributed by atoms with Crippen LogP contribution in [0.2, 0.25) is 0 Å². The Labute approximate surface area is 143 Å². The number of carbonyl (C=O) groups excluding carboxylic acids is 2. The van der Waals surface area contributed by atoms with Crippen molar-refractivity contribution in [2.75, 3.05) is 42.4 Å².